The van der Waals surface area contributed by atoms with Gasteiger partial charge in [-0.15, -0.1) is 11.3 Å². The summed E-state index contributed by atoms with van der Waals surface area (Å²) in [7, 11) is 0. The zero-order valence-electron chi connectivity index (χ0n) is 11.2. The maximum absolute atomic E-state index is 8.88. The Labute approximate surface area is 122 Å². The molecule has 0 aliphatic heterocycles. The van der Waals surface area contributed by atoms with E-state index < -0.39 is 0 Å². The van der Waals surface area contributed by atoms with E-state index in [4.69, 9.17) is 5.26 Å². The van der Waals surface area contributed by atoms with Gasteiger partial charge in [-0.1, -0.05) is 6.07 Å². The van der Waals surface area contributed by atoms with Crippen LogP contribution in [0.15, 0.2) is 47.8 Å². The molecule has 0 radical (unpaired) electrons. The molecule has 98 valence electrons. The van der Waals surface area contributed by atoms with Crippen LogP contribution in [0.5, 0.6) is 0 Å². The molecule has 2 nitrogen and oxygen atoms in total. The second-order valence-electron chi connectivity index (χ2n) is 4.78. The highest BCUT2D eigenvalue weighted by Crippen LogP contribution is 2.24. The summed E-state index contributed by atoms with van der Waals surface area (Å²) >= 11 is 1.76. The minimum Gasteiger partial charge on any atom is -0.381 e. The number of fused-ring (bicyclic) bond motifs is 1. The molecule has 0 unspecified atom stereocenters. The molecule has 0 fully saturated rings. The second-order valence-corrected chi connectivity index (χ2v) is 5.73. The van der Waals surface area contributed by atoms with Crippen molar-refractivity contribution < 1.29 is 0 Å². The standard InChI is InChI=1S/C17H14N2S/c1-12-8-13(10-18)2-3-15(12)11-19-16-4-5-17-14(9-16)6-7-20-17/h2-9,19H,11H2,1H3. The molecule has 0 aliphatic carbocycles. The van der Waals surface area contributed by atoms with E-state index in [0.29, 0.717) is 5.56 Å². The number of hydrogen-bond acceptors (Lipinski definition) is 3. The molecule has 0 spiro atoms. The first-order valence-electron chi connectivity index (χ1n) is 6.47. The Kier molecular flexibility index (Phi) is 3.41. The molecule has 1 N–H and O–H groups in total. The lowest BCUT2D eigenvalue weighted by Crippen LogP contribution is -2.01. The maximum atomic E-state index is 8.88. The number of benzene rings is 2. The topological polar surface area (TPSA) is 35.8 Å². The number of hydrogen-bond donors (Lipinski definition) is 1. The Bertz CT molecular complexity index is 796. The lowest BCUT2D eigenvalue weighted by molar-refractivity contribution is 1.12. The molecular weight excluding hydrogens is 264 g/mol. The lowest BCUT2D eigenvalue weighted by Gasteiger charge is -2.09. The van der Waals surface area contributed by atoms with E-state index in [9.17, 15) is 0 Å². The average Bonchev–Trinajstić information content (AvgIpc) is 2.93. The summed E-state index contributed by atoms with van der Waals surface area (Å²) in [5, 5.41) is 15.7. The molecule has 1 aromatic heterocycles. The van der Waals surface area contributed by atoms with Crippen LogP contribution in [0.4, 0.5) is 5.69 Å². The van der Waals surface area contributed by atoms with Crippen molar-refractivity contribution in [1.82, 2.24) is 0 Å². The number of rotatable bonds is 3. The highest BCUT2D eigenvalue weighted by Gasteiger charge is 2.01. The van der Waals surface area contributed by atoms with Crippen molar-refractivity contribution in [2.45, 2.75) is 13.5 Å². The molecular formula is C17H14N2S. The van der Waals surface area contributed by atoms with E-state index in [2.05, 4.69) is 41.0 Å². The molecule has 0 aliphatic rings. The van der Waals surface area contributed by atoms with E-state index >= 15 is 0 Å². The Morgan fingerprint density at radius 3 is 2.85 bits per heavy atom. The van der Waals surface area contributed by atoms with Gasteiger partial charge in [0, 0.05) is 16.9 Å². The summed E-state index contributed by atoms with van der Waals surface area (Å²) in [6.45, 7) is 2.81. The number of nitriles is 1. The Balaban J connectivity index is 1.77. The zero-order chi connectivity index (χ0) is 13.9. The first-order valence-corrected chi connectivity index (χ1v) is 7.35. The van der Waals surface area contributed by atoms with Crippen LogP contribution in [0.25, 0.3) is 10.1 Å². The Morgan fingerprint density at radius 1 is 1.15 bits per heavy atom. The van der Waals surface area contributed by atoms with Crippen LogP contribution in [0, 0.1) is 18.3 Å². The molecule has 3 aromatic rings. The SMILES string of the molecule is Cc1cc(C#N)ccc1CNc1ccc2sccc2c1. The van der Waals surface area contributed by atoms with Gasteiger partial charge < -0.3 is 5.32 Å². The van der Waals surface area contributed by atoms with Crippen molar-refractivity contribution in [3.63, 3.8) is 0 Å². The number of nitrogens with zero attached hydrogens (tertiary/aromatic N) is 1. The van der Waals surface area contributed by atoms with Gasteiger partial charge in [-0.2, -0.15) is 5.26 Å². The van der Waals surface area contributed by atoms with Gasteiger partial charge in [-0.25, -0.2) is 0 Å². The highest BCUT2D eigenvalue weighted by atomic mass is 32.1. The van der Waals surface area contributed by atoms with Crippen LogP contribution in [0.1, 0.15) is 16.7 Å². The largest absolute Gasteiger partial charge is 0.381 e. The Hall–Kier alpha value is -2.31. The van der Waals surface area contributed by atoms with E-state index in [0.717, 1.165) is 17.8 Å². The van der Waals surface area contributed by atoms with E-state index in [-0.39, 0.29) is 0 Å². The van der Waals surface area contributed by atoms with Crippen molar-refractivity contribution in [2.24, 2.45) is 0 Å². The highest BCUT2D eigenvalue weighted by molar-refractivity contribution is 7.17. The summed E-state index contributed by atoms with van der Waals surface area (Å²) < 4.78 is 1.31. The molecule has 0 saturated heterocycles. The van der Waals surface area contributed by atoms with Gasteiger partial charge in [0.05, 0.1) is 11.6 Å². The molecule has 0 saturated carbocycles. The van der Waals surface area contributed by atoms with Gasteiger partial charge in [0.2, 0.25) is 0 Å². The van der Waals surface area contributed by atoms with Crippen molar-refractivity contribution >= 4 is 27.1 Å². The van der Waals surface area contributed by atoms with Crippen LogP contribution < -0.4 is 5.32 Å². The number of thiophene rings is 1. The zero-order valence-corrected chi connectivity index (χ0v) is 12.0. The first-order chi connectivity index (χ1) is 9.76. The third kappa shape index (κ3) is 2.52. The molecule has 2 aromatic carbocycles. The van der Waals surface area contributed by atoms with E-state index in [1.165, 1.54) is 15.6 Å². The van der Waals surface area contributed by atoms with Gasteiger partial charge in [-0.05, 0) is 65.2 Å². The summed E-state index contributed by atoms with van der Waals surface area (Å²) in [5.74, 6) is 0. The predicted molar refractivity (Wildman–Crippen MR) is 85.0 cm³/mol. The van der Waals surface area contributed by atoms with Crippen LogP contribution in [-0.2, 0) is 6.54 Å². The van der Waals surface area contributed by atoms with Gasteiger partial charge in [-0.3, -0.25) is 0 Å². The molecule has 1 heterocycles. The third-order valence-electron chi connectivity index (χ3n) is 3.41. The van der Waals surface area contributed by atoms with Gasteiger partial charge in [0.25, 0.3) is 0 Å². The molecule has 0 atom stereocenters. The predicted octanol–water partition coefficient (Wildman–Crippen LogP) is 4.69. The van der Waals surface area contributed by atoms with Gasteiger partial charge >= 0.3 is 0 Å². The monoisotopic (exact) mass is 278 g/mol. The van der Waals surface area contributed by atoms with Crippen LogP contribution >= 0.6 is 11.3 Å². The van der Waals surface area contributed by atoms with Gasteiger partial charge in [0.1, 0.15) is 0 Å². The molecule has 20 heavy (non-hydrogen) atoms. The fourth-order valence-electron chi connectivity index (χ4n) is 2.24. The molecule has 0 bridgehead atoms. The summed E-state index contributed by atoms with van der Waals surface area (Å²) in [6.07, 6.45) is 0. The summed E-state index contributed by atoms with van der Waals surface area (Å²) in [5.41, 5.74) is 4.20. The normalized spacial score (nSPS) is 10.4. The molecule has 0 amide bonds. The molecule has 3 heteroatoms. The van der Waals surface area contributed by atoms with Crippen LogP contribution in [0.2, 0.25) is 0 Å². The van der Waals surface area contributed by atoms with Gasteiger partial charge in [0.15, 0.2) is 0 Å². The van der Waals surface area contributed by atoms with E-state index in [1.807, 2.05) is 25.1 Å². The number of nitrogens with one attached hydrogen (secondary N) is 1. The first kappa shape index (κ1) is 12.7. The van der Waals surface area contributed by atoms with Crippen LogP contribution in [-0.4, -0.2) is 0 Å². The van der Waals surface area contributed by atoms with E-state index in [1.54, 1.807) is 11.3 Å². The summed E-state index contributed by atoms with van der Waals surface area (Å²) in [6, 6.07) is 16.5. The number of anilines is 1. The average molecular weight is 278 g/mol. The van der Waals surface area contributed by atoms with Crippen molar-refractivity contribution in [3.05, 3.63) is 64.5 Å². The third-order valence-corrected chi connectivity index (χ3v) is 4.30. The minimum atomic E-state index is 0.714. The smallest absolute Gasteiger partial charge is 0.0991 e. The fourth-order valence-corrected chi connectivity index (χ4v) is 3.01. The summed E-state index contributed by atoms with van der Waals surface area (Å²) in [4.78, 5) is 0. The second kappa shape index (κ2) is 5.36. The fraction of sp³-hybridized carbons (Fsp3) is 0.118. The number of aryl methyl sites for hydroxylation is 1. The molecule has 3 rings (SSSR count). The quantitative estimate of drug-likeness (QED) is 0.754. The lowest BCUT2D eigenvalue weighted by atomic mass is 10.1. The van der Waals surface area contributed by atoms with Crippen molar-refractivity contribution in [1.29, 1.82) is 5.26 Å². The van der Waals surface area contributed by atoms with Crippen LogP contribution in [0.3, 0.4) is 0 Å². The minimum absolute atomic E-state index is 0.714. The maximum Gasteiger partial charge on any atom is 0.0991 e. The van der Waals surface area contributed by atoms with Crippen molar-refractivity contribution in [3.8, 4) is 6.07 Å². The Morgan fingerprint density at radius 2 is 2.05 bits per heavy atom. The van der Waals surface area contributed by atoms with Crippen molar-refractivity contribution in [2.75, 3.05) is 5.32 Å².